The van der Waals surface area contributed by atoms with Crippen molar-refractivity contribution in [1.29, 1.82) is 0 Å². The molecule has 25 heavy (non-hydrogen) atoms. The zero-order valence-electron chi connectivity index (χ0n) is 13.5. The van der Waals surface area contributed by atoms with Gasteiger partial charge in [-0.05, 0) is 42.2 Å². The third-order valence-electron chi connectivity index (χ3n) is 3.62. The molecule has 0 aliphatic heterocycles. The Kier molecular flexibility index (Phi) is 5.25. The number of carboxylic acids is 1. The zero-order valence-corrected chi connectivity index (χ0v) is 14.3. The lowest BCUT2D eigenvalue weighted by molar-refractivity contribution is 0.0697. The molecule has 0 saturated carbocycles. The van der Waals surface area contributed by atoms with E-state index in [0.717, 1.165) is 22.1 Å². The lowest BCUT2D eigenvalue weighted by Gasteiger charge is -2.25. The highest BCUT2D eigenvalue weighted by Gasteiger charge is 2.16. The summed E-state index contributed by atoms with van der Waals surface area (Å²) in [7, 11) is 0. The maximum atomic E-state index is 11.0. The van der Waals surface area contributed by atoms with Gasteiger partial charge in [-0.3, -0.25) is 0 Å². The molecular weight excluding hydrogens is 336 g/mol. The number of hydrogen-bond donors (Lipinski definition) is 1. The predicted octanol–water partition coefficient (Wildman–Crippen LogP) is 3.63. The number of anilines is 2. The fraction of sp³-hybridized carbons (Fsp3) is 0.111. The van der Waals surface area contributed by atoms with Gasteiger partial charge in [-0.15, -0.1) is 11.8 Å². The van der Waals surface area contributed by atoms with E-state index in [9.17, 15) is 4.79 Å². The molecule has 2 aromatic heterocycles. The number of rotatable bonds is 6. The van der Waals surface area contributed by atoms with Crippen molar-refractivity contribution in [2.75, 3.05) is 11.2 Å². The molecule has 0 bridgehead atoms. The summed E-state index contributed by atoms with van der Waals surface area (Å²) in [4.78, 5) is 25.8. The number of nitrogens with zero attached hydrogens (tertiary/aromatic N) is 4. The molecule has 0 radical (unpaired) electrons. The number of thioether (sulfide) groups is 1. The summed E-state index contributed by atoms with van der Waals surface area (Å²) in [5, 5.41) is 9.94. The maximum absolute atomic E-state index is 11.0. The topological polar surface area (TPSA) is 79.2 Å². The normalized spacial score (nSPS) is 10.4. The molecule has 0 unspecified atom stereocenters. The molecule has 0 spiro atoms. The van der Waals surface area contributed by atoms with Gasteiger partial charge < -0.3 is 10.0 Å². The Balaban J connectivity index is 1.98. The summed E-state index contributed by atoms with van der Waals surface area (Å²) in [6, 6.07) is 12.6. The van der Waals surface area contributed by atoms with E-state index in [1.807, 2.05) is 41.5 Å². The third-order valence-corrected chi connectivity index (χ3v) is 4.32. The number of carboxylic acid groups (broad SMARTS) is 1. The van der Waals surface area contributed by atoms with Gasteiger partial charge >= 0.3 is 5.97 Å². The van der Waals surface area contributed by atoms with E-state index in [-0.39, 0.29) is 5.56 Å². The molecule has 6 nitrogen and oxygen atoms in total. The van der Waals surface area contributed by atoms with Crippen molar-refractivity contribution in [2.45, 2.75) is 11.6 Å². The van der Waals surface area contributed by atoms with Gasteiger partial charge in [-0.2, -0.15) is 0 Å². The van der Waals surface area contributed by atoms with Gasteiger partial charge in [0.25, 0.3) is 0 Å². The predicted molar refractivity (Wildman–Crippen MR) is 97.3 cm³/mol. The molecule has 0 saturated heterocycles. The smallest absolute Gasteiger partial charge is 0.335 e. The van der Waals surface area contributed by atoms with Gasteiger partial charge in [-0.1, -0.05) is 12.1 Å². The number of aromatic carboxylic acids is 1. The molecule has 1 N–H and O–H groups in total. The van der Waals surface area contributed by atoms with Crippen LogP contribution in [0.1, 0.15) is 15.9 Å². The minimum atomic E-state index is -0.934. The Labute approximate surface area is 149 Å². The molecule has 0 amide bonds. The molecule has 0 aliphatic carbocycles. The molecule has 126 valence electrons. The summed E-state index contributed by atoms with van der Waals surface area (Å²) in [6.45, 7) is 0.538. The van der Waals surface area contributed by atoms with E-state index in [2.05, 4.69) is 15.0 Å². The summed E-state index contributed by atoms with van der Waals surface area (Å²) in [5.41, 5.74) is 2.18. The van der Waals surface area contributed by atoms with Gasteiger partial charge in [0.05, 0.1) is 11.3 Å². The molecule has 1 aromatic carbocycles. The summed E-state index contributed by atoms with van der Waals surface area (Å²) in [6.07, 6.45) is 6.93. The Morgan fingerprint density at radius 1 is 1.12 bits per heavy atom. The van der Waals surface area contributed by atoms with Crippen molar-refractivity contribution >= 4 is 29.2 Å². The third kappa shape index (κ3) is 3.95. The second-order valence-electron chi connectivity index (χ2n) is 5.19. The quantitative estimate of drug-likeness (QED) is 0.679. The molecule has 0 atom stereocenters. The highest BCUT2D eigenvalue weighted by Crippen LogP contribution is 2.32. The van der Waals surface area contributed by atoms with E-state index in [4.69, 9.17) is 5.11 Å². The van der Waals surface area contributed by atoms with Gasteiger partial charge in [0.15, 0.2) is 0 Å². The van der Waals surface area contributed by atoms with Crippen molar-refractivity contribution < 1.29 is 9.90 Å². The van der Waals surface area contributed by atoms with Crippen LogP contribution in [-0.4, -0.2) is 32.3 Å². The minimum Gasteiger partial charge on any atom is -0.478 e. The van der Waals surface area contributed by atoms with Crippen LogP contribution in [0.2, 0.25) is 0 Å². The standard InChI is InChI=1S/C18H16N4O2S/c1-25-17-15(3-2-9-20-17)22(16-8-10-19-12-21-16)11-13-4-6-14(7-5-13)18(23)24/h2-10,12H,11H2,1H3,(H,23,24). The largest absolute Gasteiger partial charge is 0.478 e. The Morgan fingerprint density at radius 3 is 2.56 bits per heavy atom. The lowest BCUT2D eigenvalue weighted by atomic mass is 10.1. The van der Waals surface area contributed by atoms with Crippen LogP contribution < -0.4 is 4.90 Å². The highest BCUT2D eigenvalue weighted by molar-refractivity contribution is 7.98. The van der Waals surface area contributed by atoms with Gasteiger partial charge in [0, 0.05) is 18.9 Å². The Hall–Kier alpha value is -2.93. The van der Waals surface area contributed by atoms with Crippen LogP contribution in [0.15, 0.2) is 66.2 Å². The SMILES string of the molecule is CSc1ncccc1N(Cc1ccc(C(=O)O)cc1)c1ccncn1. The first-order chi connectivity index (χ1) is 12.2. The molecule has 2 heterocycles. The monoisotopic (exact) mass is 352 g/mol. The highest BCUT2D eigenvalue weighted by atomic mass is 32.2. The first-order valence-electron chi connectivity index (χ1n) is 7.54. The maximum Gasteiger partial charge on any atom is 0.335 e. The van der Waals surface area contributed by atoms with Crippen LogP contribution in [0.4, 0.5) is 11.5 Å². The molecular formula is C18H16N4O2S. The Bertz CT molecular complexity index is 856. The van der Waals surface area contributed by atoms with Crippen molar-refractivity contribution in [3.05, 3.63) is 72.3 Å². The van der Waals surface area contributed by atoms with E-state index < -0.39 is 5.97 Å². The number of carbonyl (C=O) groups is 1. The van der Waals surface area contributed by atoms with E-state index in [1.165, 1.54) is 6.33 Å². The van der Waals surface area contributed by atoms with Crippen LogP contribution in [0.5, 0.6) is 0 Å². The second kappa shape index (κ2) is 7.76. The van der Waals surface area contributed by atoms with Gasteiger partial charge in [0.1, 0.15) is 17.2 Å². The average molecular weight is 352 g/mol. The van der Waals surface area contributed by atoms with E-state index >= 15 is 0 Å². The van der Waals surface area contributed by atoms with Crippen LogP contribution in [-0.2, 0) is 6.54 Å². The number of hydrogen-bond acceptors (Lipinski definition) is 6. The zero-order chi connectivity index (χ0) is 17.6. The number of pyridine rings is 1. The fourth-order valence-corrected chi connectivity index (χ4v) is 2.97. The van der Waals surface area contributed by atoms with Crippen LogP contribution in [0, 0.1) is 0 Å². The van der Waals surface area contributed by atoms with Crippen molar-refractivity contribution in [3.63, 3.8) is 0 Å². The first-order valence-corrected chi connectivity index (χ1v) is 8.76. The molecule has 7 heteroatoms. The molecule has 3 aromatic rings. The van der Waals surface area contributed by atoms with Crippen molar-refractivity contribution in [3.8, 4) is 0 Å². The molecule has 0 fully saturated rings. The van der Waals surface area contributed by atoms with Crippen molar-refractivity contribution in [2.24, 2.45) is 0 Å². The van der Waals surface area contributed by atoms with E-state index in [0.29, 0.717) is 6.54 Å². The summed E-state index contributed by atoms with van der Waals surface area (Å²) < 4.78 is 0. The van der Waals surface area contributed by atoms with Crippen LogP contribution in [0.25, 0.3) is 0 Å². The average Bonchev–Trinajstić information content (AvgIpc) is 2.67. The van der Waals surface area contributed by atoms with Crippen LogP contribution >= 0.6 is 11.8 Å². The first kappa shape index (κ1) is 16.9. The summed E-state index contributed by atoms with van der Waals surface area (Å²) in [5.74, 6) is -0.184. The van der Waals surface area contributed by atoms with Gasteiger partial charge in [-0.25, -0.2) is 19.7 Å². The summed E-state index contributed by atoms with van der Waals surface area (Å²) >= 11 is 1.56. The Morgan fingerprint density at radius 2 is 1.92 bits per heavy atom. The molecule has 0 aliphatic rings. The fourth-order valence-electron chi connectivity index (χ4n) is 2.41. The molecule has 3 rings (SSSR count). The van der Waals surface area contributed by atoms with Crippen LogP contribution in [0.3, 0.4) is 0 Å². The van der Waals surface area contributed by atoms with Gasteiger partial charge in [0.2, 0.25) is 0 Å². The lowest BCUT2D eigenvalue weighted by Crippen LogP contribution is -2.19. The van der Waals surface area contributed by atoms with E-state index in [1.54, 1.807) is 36.3 Å². The van der Waals surface area contributed by atoms with Crippen molar-refractivity contribution in [1.82, 2.24) is 15.0 Å². The second-order valence-corrected chi connectivity index (χ2v) is 5.98. The minimum absolute atomic E-state index is 0.267. The number of aromatic nitrogens is 3. The number of benzene rings is 1.